The fourth-order valence-corrected chi connectivity index (χ4v) is 5.12. The van der Waals surface area contributed by atoms with E-state index in [0.29, 0.717) is 6.54 Å². The minimum absolute atomic E-state index is 0.255. The zero-order chi connectivity index (χ0) is 22.3. The van der Waals surface area contributed by atoms with Gasteiger partial charge in [-0.1, -0.05) is 42.0 Å². The molecule has 164 valence electrons. The number of anilines is 1. The summed E-state index contributed by atoms with van der Waals surface area (Å²) in [5.41, 5.74) is 1.03. The molecule has 0 bridgehead atoms. The van der Waals surface area contributed by atoms with Crippen molar-refractivity contribution in [2.24, 2.45) is 0 Å². The normalized spacial score (nSPS) is 13.9. The third-order valence-electron chi connectivity index (χ3n) is 5.11. The monoisotopic (exact) mass is 443 g/mol. The molecule has 0 heterocycles. The molecule has 1 aliphatic carbocycles. The van der Waals surface area contributed by atoms with Crippen LogP contribution in [0.1, 0.15) is 32.1 Å². The molecule has 0 radical (unpaired) electrons. The molecule has 9 heteroatoms. The number of sulfonamides is 1. The van der Waals surface area contributed by atoms with E-state index in [2.05, 4.69) is 11.4 Å². The van der Waals surface area contributed by atoms with Crippen LogP contribution in [0, 0.1) is 10.1 Å². The van der Waals surface area contributed by atoms with Gasteiger partial charge in [-0.25, -0.2) is 8.42 Å². The first-order chi connectivity index (χ1) is 14.9. The van der Waals surface area contributed by atoms with Crippen molar-refractivity contribution < 1.29 is 18.1 Å². The highest BCUT2D eigenvalue weighted by atomic mass is 32.2. The molecule has 0 aliphatic heterocycles. The van der Waals surface area contributed by atoms with Crippen molar-refractivity contribution in [2.45, 2.75) is 37.0 Å². The number of nitrogens with one attached hydrogen (secondary N) is 1. The smallest absolute Gasteiger partial charge is 0.289 e. The number of nitrogens with zero attached hydrogens (tertiary/aromatic N) is 2. The van der Waals surface area contributed by atoms with Gasteiger partial charge in [0, 0.05) is 12.6 Å². The van der Waals surface area contributed by atoms with Gasteiger partial charge in [-0.2, -0.15) is 0 Å². The van der Waals surface area contributed by atoms with Crippen LogP contribution in [0.25, 0.3) is 0 Å². The quantitative estimate of drug-likeness (QED) is 0.360. The van der Waals surface area contributed by atoms with Gasteiger partial charge in [-0.15, -0.1) is 0 Å². The van der Waals surface area contributed by atoms with E-state index in [0.717, 1.165) is 36.1 Å². The molecule has 0 saturated carbocycles. The Hall–Kier alpha value is -3.20. The molecule has 0 atom stereocenters. The molecule has 0 aromatic heterocycles. The number of amides is 1. The zero-order valence-electron chi connectivity index (χ0n) is 17.1. The van der Waals surface area contributed by atoms with Crippen LogP contribution in [0.3, 0.4) is 0 Å². The number of nitro benzene ring substituents is 1. The van der Waals surface area contributed by atoms with Gasteiger partial charge < -0.3 is 5.32 Å². The predicted molar refractivity (Wildman–Crippen MR) is 118 cm³/mol. The van der Waals surface area contributed by atoms with Crippen LogP contribution in [-0.2, 0) is 14.8 Å². The van der Waals surface area contributed by atoms with E-state index >= 15 is 0 Å². The number of nitro groups is 1. The highest BCUT2D eigenvalue weighted by Gasteiger charge is 2.32. The lowest BCUT2D eigenvalue weighted by molar-refractivity contribution is -0.387. The Bertz CT molecular complexity index is 1070. The molecule has 1 amide bonds. The number of carbonyl (C=O) groups excluding carboxylic acids is 1. The second-order valence-corrected chi connectivity index (χ2v) is 9.11. The molecule has 8 nitrogen and oxygen atoms in total. The molecule has 2 aromatic carbocycles. The molecule has 1 N–H and O–H groups in total. The molecule has 1 aliphatic rings. The summed E-state index contributed by atoms with van der Waals surface area (Å²) in [7, 11) is -4.35. The summed E-state index contributed by atoms with van der Waals surface area (Å²) in [6, 6.07) is 13.2. The summed E-state index contributed by atoms with van der Waals surface area (Å²) in [5.74, 6) is -0.470. The minimum atomic E-state index is -4.35. The maximum atomic E-state index is 13.3. The third kappa shape index (κ3) is 5.69. The van der Waals surface area contributed by atoms with E-state index in [9.17, 15) is 23.3 Å². The SMILES string of the molecule is O=C(CN(c1ccccc1)S(=O)(=O)c1ccccc1[N+](=O)[O-])NCCC1=CCCCC1. The van der Waals surface area contributed by atoms with Gasteiger partial charge >= 0.3 is 0 Å². The zero-order valence-corrected chi connectivity index (χ0v) is 17.9. The Morgan fingerprint density at radius 3 is 2.45 bits per heavy atom. The first kappa shape index (κ1) is 22.5. The van der Waals surface area contributed by atoms with Gasteiger partial charge in [-0.3, -0.25) is 19.2 Å². The van der Waals surface area contributed by atoms with E-state index in [-0.39, 0.29) is 5.69 Å². The fourth-order valence-electron chi connectivity index (χ4n) is 3.53. The van der Waals surface area contributed by atoms with Crippen molar-refractivity contribution >= 4 is 27.3 Å². The summed E-state index contributed by atoms with van der Waals surface area (Å²) in [4.78, 5) is 22.8. The maximum absolute atomic E-state index is 13.3. The molecule has 31 heavy (non-hydrogen) atoms. The van der Waals surface area contributed by atoms with E-state index in [1.54, 1.807) is 30.3 Å². The van der Waals surface area contributed by atoms with Crippen LogP contribution in [0.4, 0.5) is 11.4 Å². The van der Waals surface area contributed by atoms with Gasteiger partial charge in [-0.05, 0) is 50.3 Å². The Labute approximate surface area is 181 Å². The van der Waals surface area contributed by atoms with Crippen LogP contribution in [0.15, 0.2) is 71.1 Å². The highest BCUT2D eigenvalue weighted by Crippen LogP contribution is 2.29. The molecular formula is C22H25N3O5S. The molecule has 3 rings (SSSR count). The van der Waals surface area contributed by atoms with Gasteiger partial charge in [0.05, 0.1) is 10.6 Å². The Morgan fingerprint density at radius 2 is 1.77 bits per heavy atom. The van der Waals surface area contributed by atoms with Gasteiger partial charge in [0.2, 0.25) is 5.91 Å². The van der Waals surface area contributed by atoms with Crippen molar-refractivity contribution in [3.8, 4) is 0 Å². The second-order valence-electron chi connectivity index (χ2n) is 7.28. The van der Waals surface area contributed by atoms with Crippen LogP contribution < -0.4 is 9.62 Å². The van der Waals surface area contributed by atoms with E-state index in [1.165, 1.54) is 30.2 Å². The summed E-state index contributed by atoms with van der Waals surface area (Å²) in [6.07, 6.45) is 7.34. The van der Waals surface area contributed by atoms with Crippen LogP contribution in [-0.4, -0.2) is 32.3 Å². The van der Waals surface area contributed by atoms with Gasteiger partial charge in [0.15, 0.2) is 4.90 Å². The minimum Gasteiger partial charge on any atom is -0.354 e. The molecule has 2 aromatic rings. The van der Waals surface area contributed by atoms with E-state index in [4.69, 9.17) is 0 Å². The number of allylic oxidation sites excluding steroid dienone is 1. The number of hydrogen-bond acceptors (Lipinski definition) is 5. The molecule has 0 saturated heterocycles. The van der Waals surface area contributed by atoms with Crippen molar-refractivity contribution in [3.05, 3.63) is 76.4 Å². The summed E-state index contributed by atoms with van der Waals surface area (Å²) in [6.45, 7) is -0.0593. The van der Waals surface area contributed by atoms with Crippen molar-refractivity contribution in [3.63, 3.8) is 0 Å². The second kappa shape index (κ2) is 10.2. The molecule has 0 fully saturated rings. The summed E-state index contributed by atoms with van der Waals surface area (Å²) in [5, 5.41) is 14.2. The number of para-hydroxylation sites is 2. The van der Waals surface area contributed by atoms with Crippen LogP contribution in [0.5, 0.6) is 0 Å². The van der Waals surface area contributed by atoms with E-state index in [1.807, 2.05) is 0 Å². The highest BCUT2D eigenvalue weighted by molar-refractivity contribution is 7.93. The third-order valence-corrected chi connectivity index (χ3v) is 6.94. The topological polar surface area (TPSA) is 110 Å². The first-order valence-corrected chi connectivity index (χ1v) is 11.6. The van der Waals surface area contributed by atoms with Crippen LogP contribution in [0.2, 0.25) is 0 Å². The number of rotatable bonds is 9. The number of carbonyl (C=O) groups is 1. The largest absolute Gasteiger partial charge is 0.354 e. The standard InChI is InChI=1S/C22H25N3O5S/c26-22(23-16-15-18-9-3-1-4-10-18)17-24(19-11-5-2-6-12-19)31(29,30)21-14-8-7-13-20(21)25(27)28/h2,5-9,11-14H,1,3-4,10,15-17H2,(H,23,26). The summed E-state index contributed by atoms with van der Waals surface area (Å²) < 4.78 is 27.6. The lowest BCUT2D eigenvalue weighted by Gasteiger charge is -2.24. The van der Waals surface area contributed by atoms with Crippen molar-refractivity contribution in [1.29, 1.82) is 0 Å². The first-order valence-electron chi connectivity index (χ1n) is 10.2. The maximum Gasteiger partial charge on any atom is 0.289 e. The average molecular weight is 444 g/mol. The lowest BCUT2D eigenvalue weighted by Crippen LogP contribution is -2.41. The molecule has 0 spiro atoms. The Kier molecular flexibility index (Phi) is 7.41. The predicted octanol–water partition coefficient (Wildman–Crippen LogP) is 3.80. The van der Waals surface area contributed by atoms with Gasteiger partial charge in [0.25, 0.3) is 15.7 Å². The lowest BCUT2D eigenvalue weighted by atomic mass is 9.97. The number of benzene rings is 2. The van der Waals surface area contributed by atoms with Crippen LogP contribution >= 0.6 is 0 Å². The number of hydrogen-bond donors (Lipinski definition) is 1. The summed E-state index contributed by atoms with van der Waals surface area (Å²) >= 11 is 0. The van der Waals surface area contributed by atoms with Gasteiger partial charge in [0.1, 0.15) is 6.54 Å². The van der Waals surface area contributed by atoms with E-state index < -0.39 is 38.0 Å². The van der Waals surface area contributed by atoms with Crippen molar-refractivity contribution in [2.75, 3.05) is 17.4 Å². The Balaban J connectivity index is 1.81. The van der Waals surface area contributed by atoms with Crippen molar-refractivity contribution in [1.82, 2.24) is 5.32 Å². The average Bonchev–Trinajstić information content (AvgIpc) is 2.78. The molecular weight excluding hydrogens is 418 g/mol. The molecule has 0 unspecified atom stereocenters. The Morgan fingerprint density at radius 1 is 1.06 bits per heavy atom. The fraction of sp³-hybridized carbons (Fsp3) is 0.318.